The first-order chi connectivity index (χ1) is 6.79. The van der Waals surface area contributed by atoms with Crippen LogP contribution in [0, 0.1) is 5.92 Å². The Hall–Kier alpha value is -1.22. The Balaban J connectivity index is 2.73. The van der Waals surface area contributed by atoms with Crippen LogP contribution in [-0.2, 0) is 0 Å². The maximum absolute atomic E-state index is 11.9. The Morgan fingerprint density at radius 3 is 2.86 bits per heavy atom. The molecule has 0 saturated heterocycles. The molecule has 1 unspecified atom stereocenters. The molecule has 1 atom stereocenters. The first-order valence-electron chi connectivity index (χ1n) is 4.89. The predicted molar refractivity (Wildman–Crippen MR) is 56.3 cm³/mol. The van der Waals surface area contributed by atoms with Gasteiger partial charge in [0.15, 0.2) is 5.78 Å². The van der Waals surface area contributed by atoms with E-state index < -0.39 is 0 Å². The summed E-state index contributed by atoms with van der Waals surface area (Å²) in [5, 5.41) is 3.02. The van der Waals surface area contributed by atoms with Gasteiger partial charge in [0.1, 0.15) is 5.69 Å². The molecule has 1 heterocycles. The quantitative estimate of drug-likeness (QED) is 0.719. The summed E-state index contributed by atoms with van der Waals surface area (Å²) in [6, 6.07) is 5.42. The highest BCUT2D eigenvalue weighted by molar-refractivity contribution is 5.96. The minimum Gasteiger partial charge on any atom is -0.319 e. The highest BCUT2D eigenvalue weighted by Gasteiger charge is 2.17. The molecule has 3 nitrogen and oxygen atoms in total. The van der Waals surface area contributed by atoms with E-state index in [1.165, 1.54) is 0 Å². The molecular weight excluding hydrogens is 176 g/mol. The van der Waals surface area contributed by atoms with Gasteiger partial charge in [-0.15, -0.1) is 0 Å². The smallest absolute Gasteiger partial charge is 0.185 e. The van der Waals surface area contributed by atoms with Crippen molar-refractivity contribution in [2.75, 3.05) is 13.6 Å². The maximum Gasteiger partial charge on any atom is 0.185 e. The average molecular weight is 192 g/mol. The molecule has 0 spiro atoms. The lowest BCUT2D eigenvalue weighted by Gasteiger charge is -2.11. The van der Waals surface area contributed by atoms with Crippen molar-refractivity contribution in [1.29, 1.82) is 0 Å². The van der Waals surface area contributed by atoms with Crippen molar-refractivity contribution in [3.63, 3.8) is 0 Å². The molecule has 3 heteroatoms. The van der Waals surface area contributed by atoms with Crippen LogP contribution in [0.25, 0.3) is 0 Å². The number of carbonyl (C=O) groups excluding carboxylic acids is 1. The average Bonchev–Trinajstić information content (AvgIpc) is 2.26. The third kappa shape index (κ3) is 2.64. The zero-order chi connectivity index (χ0) is 10.4. The van der Waals surface area contributed by atoms with Gasteiger partial charge < -0.3 is 5.32 Å². The van der Waals surface area contributed by atoms with Crippen molar-refractivity contribution in [1.82, 2.24) is 10.3 Å². The lowest BCUT2D eigenvalue weighted by Crippen LogP contribution is -2.26. The fraction of sp³-hybridized carbons (Fsp3) is 0.455. The second-order valence-electron chi connectivity index (χ2n) is 3.24. The van der Waals surface area contributed by atoms with Crippen LogP contribution < -0.4 is 5.32 Å². The van der Waals surface area contributed by atoms with E-state index in [0.717, 1.165) is 6.42 Å². The first kappa shape index (κ1) is 10.9. The molecule has 1 rings (SSSR count). The fourth-order valence-corrected chi connectivity index (χ4v) is 1.39. The van der Waals surface area contributed by atoms with Crippen molar-refractivity contribution >= 4 is 5.78 Å². The molecule has 14 heavy (non-hydrogen) atoms. The van der Waals surface area contributed by atoms with Gasteiger partial charge in [0.25, 0.3) is 0 Å². The molecular formula is C11H16N2O. The molecule has 0 aliphatic rings. The number of ketones is 1. The second kappa shape index (κ2) is 5.50. The van der Waals surface area contributed by atoms with E-state index in [4.69, 9.17) is 0 Å². The first-order valence-corrected chi connectivity index (χ1v) is 4.89. The van der Waals surface area contributed by atoms with Crippen LogP contribution in [0.15, 0.2) is 24.4 Å². The Kier molecular flexibility index (Phi) is 4.26. The fourth-order valence-electron chi connectivity index (χ4n) is 1.39. The number of aromatic nitrogens is 1. The van der Waals surface area contributed by atoms with E-state index in [2.05, 4.69) is 10.3 Å². The minimum absolute atomic E-state index is 0.0369. The molecule has 0 fully saturated rings. The van der Waals surface area contributed by atoms with Gasteiger partial charge >= 0.3 is 0 Å². The largest absolute Gasteiger partial charge is 0.319 e. The summed E-state index contributed by atoms with van der Waals surface area (Å²) in [4.78, 5) is 15.9. The van der Waals surface area contributed by atoms with E-state index >= 15 is 0 Å². The van der Waals surface area contributed by atoms with Crippen LogP contribution in [-0.4, -0.2) is 24.4 Å². The Morgan fingerprint density at radius 2 is 2.36 bits per heavy atom. The summed E-state index contributed by atoms with van der Waals surface area (Å²) in [5.74, 6) is 0.164. The molecule has 0 amide bonds. The summed E-state index contributed by atoms with van der Waals surface area (Å²) in [6.45, 7) is 2.73. The Bertz CT molecular complexity index is 285. The van der Waals surface area contributed by atoms with Gasteiger partial charge in [-0.2, -0.15) is 0 Å². The van der Waals surface area contributed by atoms with E-state index in [-0.39, 0.29) is 11.7 Å². The predicted octanol–water partition coefficient (Wildman–Crippen LogP) is 1.51. The number of nitrogens with zero attached hydrogens (tertiary/aromatic N) is 1. The van der Waals surface area contributed by atoms with Crippen molar-refractivity contribution < 1.29 is 4.79 Å². The molecule has 0 aliphatic heterocycles. The molecule has 1 aromatic heterocycles. The summed E-state index contributed by atoms with van der Waals surface area (Å²) >= 11 is 0. The lowest BCUT2D eigenvalue weighted by atomic mass is 9.98. The number of nitrogens with one attached hydrogen (secondary N) is 1. The minimum atomic E-state index is 0.0369. The van der Waals surface area contributed by atoms with E-state index in [9.17, 15) is 4.79 Å². The van der Waals surface area contributed by atoms with Crippen LogP contribution in [0.5, 0.6) is 0 Å². The highest BCUT2D eigenvalue weighted by Crippen LogP contribution is 2.09. The molecule has 76 valence electrons. The van der Waals surface area contributed by atoms with Crippen molar-refractivity contribution in [2.45, 2.75) is 13.3 Å². The number of Topliss-reactive ketones (excluding diaryl/α,β-unsaturated/α-hetero) is 1. The topological polar surface area (TPSA) is 42.0 Å². The van der Waals surface area contributed by atoms with Crippen LogP contribution in [0.2, 0.25) is 0 Å². The highest BCUT2D eigenvalue weighted by atomic mass is 16.1. The number of pyridine rings is 1. The summed E-state index contributed by atoms with van der Waals surface area (Å²) < 4.78 is 0. The number of hydrogen-bond donors (Lipinski definition) is 1. The van der Waals surface area contributed by atoms with Gasteiger partial charge in [0.05, 0.1) is 0 Å². The van der Waals surface area contributed by atoms with Gasteiger partial charge in [-0.05, 0) is 25.6 Å². The van der Waals surface area contributed by atoms with Crippen molar-refractivity contribution in [3.05, 3.63) is 30.1 Å². The third-order valence-electron chi connectivity index (χ3n) is 2.23. The zero-order valence-corrected chi connectivity index (χ0v) is 8.66. The Morgan fingerprint density at radius 1 is 1.57 bits per heavy atom. The molecule has 1 N–H and O–H groups in total. The van der Waals surface area contributed by atoms with E-state index in [0.29, 0.717) is 12.2 Å². The van der Waals surface area contributed by atoms with Gasteiger partial charge in [-0.1, -0.05) is 13.0 Å². The SMILES string of the molecule is CCC(CNC)C(=O)c1ccccn1. The standard InChI is InChI=1S/C11H16N2O/c1-3-9(8-12-2)11(14)10-6-4-5-7-13-10/h4-7,9,12H,3,8H2,1-2H3. The molecule has 0 aromatic carbocycles. The third-order valence-corrected chi connectivity index (χ3v) is 2.23. The number of hydrogen-bond acceptors (Lipinski definition) is 3. The Labute approximate surface area is 84.6 Å². The summed E-state index contributed by atoms with van der Waals surface area (Å²) in [7, 11) is 1.86. The van der Waals surface area contributed by atoms with Crippen molar-refractivity contribution in [3.8, 4) is 0 Å². The summed E-state index contributed by atoms with van der Waals surface area (Å²) in [5.41, 5.74) is 0.564. The normalized spacial score (nSPS) is 12.4. The van der Waals surface area contributed by atoms with Gasteiger partial charge in [-0.3, -0.25) is 9.78 Å². The molecule has 0 radical (unpaired) electrons. The van der Waals surface area contributed by atoms with E-state index in [1.54, 1.807) is 12.3 Å². The van der Waals surface area contributed by atoms with E-state index in [1.807, 2.05) is 26.1 Å². The molecule has 1 aromatic rings. The second-order valence-corrected chi connectivity index (χ2v) is 3.24. The molecule has 0 saturated carbocycles. The maximum atomic E-state index is 11.9. The van der Waals surface area contributed by atoms with Gasteiger partial charge in [0, 0.05) is 18.7 Å². The van der Waals surface area contributed by atoms with Crippen LogP contribution >= 0.6 is 0 Å². The zero-order valence-electron chi connectivity index (χ0n) is 8.66. The van der Waals surface area contributed by atoms with Crippen molar-refractivity contribution in [2.24, 2.45) is 5.92 Å². The monoisotopic (exact) mass is 192 g/mol. The van der Waals surface area contributed by atoms with Crippen LogP contribution in [0.4, 0.5) is 0 Å². The van der Waals surface area contributed by atoms with Gasteiger partial charge in [-0.25, -0.2) is 0 Å². The van der Waals surface area contributed by atoms with Crippen LogP contribution in [0.1, 0.15) is 23.8 Å². The molecule has 0 aliphatic carbocycles. The summed E-state index contributed by atoms with van der Waals surface area (Å²) in [6.07, 6.45) is 2.50. The van der Waals surface area contributed by atoms with Gasteiger partial charge in [0.2, 0.25) is 0 Å². The lowest BCUT2D eigenvalue weighted by molar-refractivity contribution is 0.0911. The number of rotatable bonds is 5. The van der Waals surface area contributed by atoms with Crippen LogP contribution in [0.3, 0.4) is 0 Å². The molecule has 0 bridgehead atoms. The number of carbonyl (C=O) groups is 1.